The molecule has 0 aromatic heterocycles. The van der Waals surface area contributed by atoms with Gasteiger partial charge in [0.25, 0.3) is 0 Å². The monoisotopic (exact) mass is 192 g/mol. The van der Waals surface area contributed by atoms with Gasteiger partial charge in [-0.1, -0.05) is 6.92 Å². The lowest BCUT2D eigenvalue weighted by Gasteiger charge is -2.15. The molecule has 2 atom stereocenters. The first-order valence-electron chi connectivity index (χ1n) is 4.69. The fourth-order valence-corrected chi connectivity index (χ4v) is 1.75. The molecule has 4 nitrogen and oxygen atoms in total. The summed E-state index contributed by atoms with van der Waals surface area (Å²) in [7, 11) is 0. The molecule has 0 bridgehead atoms. The smallest absolute Gasteiger partial charge is 0.191 e. The molecule has 0 saturated carbocycles. The molecule has 1 fully saturated rings. The largest absolute Gasteiger partial charge is 0.377 e. The predicted octanol–water partition coefficient (Wildman–Crippen LogP) is 1.03. The second kappa shape index (κ2) is 4.74. The summed E-state index contributed by atoms with van der Waals surface area (Å²) in [4.78, 5) is 11.7. The van der Waals surface area contributed by atoms with E-state index in [1.54, 1.807) is 12.1 Å². The van der Waals surface area contributed by atoms with Gasteiger partial charge in [0.15, 0.2) is 11.7 Å². The number of carbonyl (C=O) groups is 1. The quantitative estimate of drug-likeness (QED) is 0.669. The molecule has 1 aliphatic rings. The van der Waals surface area contributed by atoms with Crippen molar-refractivity contribution >= 4 is 5.78 Å². The van der Waals surface area contributed by atoms with E-state index in [-0.39, 0.29) is 17.8 Å². The minimum atomic E-state index is -1.13. The average Bonchev–Trinajstić information content (AvgIpc) is 2.67. The van der Waals surface area contributed by atoms with Gasteiger partial charge in [0.05, 0.1) is 18.2 Å². The minimum absolute atomic E-state index is 0.105. The summed E-state index contributed by atoms with van der Waals surface area (Å²) in [6, 6.07) is 3.41. The van der Waals surface area contributed by atoms with Crippen molar-refractivity contribution in [3.05, 3.63) is 0 Å². The molecule has 1 rings (SSSR count). The highest BCUT2D eigenvalue weighted by Gasteiger charge is 2.36. The third-order valence-corrected chi connectivity index (χ3v) is 2.52. The van der Waals surface area contributed by atoms with E-state index in [1.807, 2.05) is 6.92 Å². The third kappa shape index (κ3) is 1.92. The Morgan fingerprint density at radius 3 is 2.71 bits per heavy atom. The highest BCUT2D eigenvalue weighted by atomic mass is 16.5. The number of carbonyl (C=O) groups excluding carboxylic acids is 1. The van der Waals surface area contributed by atoms with Crippen molar-refractivity contribution in [3.63, 3.8) is 0 Å². The minimum Gasteiger partial charge on any atom is -0.377 e. The van der Waals surface area contributed by atoms with Crippen LogP contribution in [0.2, 0.25) is 0 Å². The van der Waals surface area contributed by atoms with Crippen LogP contribution in [0.1, 0.15) is 19.8 Å². The van der Waals surface area contributed by atoms with Gasteiger partial charge < -0.3 is 4.74 Å². The number of nitrogens with zero attached hydrogens (tertiary/aromatic N) is 2. The molecule has 4 heteroatoms. The van der Waals surface area contributed by atoms with E-state index in [4.69, 9.17) is 15.3 Å². The summed E-state index contributed by atoms with van der Waals surface area (Å²) in [5.74, 6) is -1.67. The van der Waals surface area contributed by atoms with Crippen LogP contribution in [-0.2, 0) is 9.53 Å². The molecule has 1 aliphatic heterocycles. The molecule has 0 radical (unpaired) electrons. The molecular formula is C10H12N2O2. The normalized spacial score (nSPS) is 25.7. The van der Waals surface area contributed by atoms with E-state index in [0.29, 0.717) is 13.0 Å². The molecule has 1 saturated heterocycles. The first kappa shape index (κ1) is 10.7. The van der Waals surface area contributed by atoms with Gasteiger partial charge in [0, 0.05) is 12.5 Å². The number of ketones is 1. The Balaban J connectivity index is 2.70. The fourth-order valence-electron chi connectivity index (χ4n) is 1.75. The van der Waals surface area contributed by atoms with Crippen molar-refractivity contribution in [3.8, 4) is 12.1 Å². The van der Waals surface area contributed by atoms with Gasteiger partial charge in [0.2, 0.25) is 0 Å². The van der Waals surface area contributed by atoms with Crippen molar-refractivity contribution in [1.82, 2.24) is 0 Å². The van der Waals surface area contributed by atoms with Crippen molar-refractivity contribution in [2.75, 3.05) is 6.61 Å². The Bertz CT molecular complexity index is 286. The summed E-state index contributed by atoms with van der Waals surface area (Å²) < 4.78 is 5.34. The maximum Gasteiger partial charge on any atom is 0.191 e. The molecule has 0 aromatic rings. The Morgan fingerprint density at radius 1 is 1.57 bits per heavy atom. The standard InChI is InChI=1S/C10H12N2O2/c1-2-9-8(3-4-14-9)10(13)7(5-11)6-12/h7-9H,2-4H2,1H3. The van der Waals surface area contributed by atoms with Crippen LogP contribution < -0.4 is 0 Å². The summed E-state index contributed by atoms with van der Waals surface area (Å²) in [5.41, 5.74) is 0. The Morgan fingerprint density at radius 2 is 2.21 bits per heavy atom. The zero-order valence-corrected chi connectivity index (χ0v) is 8.06. The number of hydrogen-bond acceptors (Lipinski definition) is 4. The Kier molecular flexibility index (Phi) is 3.62. The van der Waals surface area contributed by atoms with Crippen molar-refractivity contribution in [1.29, 1.82) is 10.5 Å². The van der Waals surface area contributed by atoms with Crippen LogP contribution in [0.5, 0.6) is 0 Å². The molecule has 74 valence electrons. The lowest BCUT2D eigenvalue weighted by atomic mass is 9.88. The van der Waals surface area contributed by atoms with Crippen LogP contribution in [0.25, 0.3) is 0 Å². The molecule has 0 aromatic carbocycles. The second-order valence-corrected chi connectivity index (χ2v) is 3.31. The molecular weight excluding hydrogens is 180 g/mol. The number of Topliss-reactive ketones (excluding diaryl/α,β-unsaturated/α-hetero) is 1. The van der Waals surface area contributed by atoms with Crippen molar-refractivity contribution < 1.29 is 9.53 Å². The SMILES string of the molecule is CCC1OCCC1C(=O)C(C#N)C#N. The number of ether oxygens (including phenoxy) is 1. The number of nitriles is 2. The summed E-state index contributed by atoms with van der Waals surface area (Å²) in [6.07, 6.45) is 1.28. The first-order chi connectivity index (χ1) is 6.74. The lowest BCUT2D eigenvalue weighted by Crippen LogP contribution is -2.28. The van der Waals surface area contributed by atoms with E-state index in [9.17, 15) is 4.79 Å². The molecule has 0 N–H and O–H groups in total. The summed E-state index contributed by atoms with van der Waals surface area (Å²) in [5, 5.41) is 17.2. The predicted molar refractivity (Wildman–Crippen MR) is 47.9 cm³/mol. The molecule has 0 amide bonds. The van der Waals surface area contributed by atoms with Gasteiger partial charge in [-0.25, -0.2) is 0 Å². The molecule has 1 heterocycles. The zero-order chi connectivity index (χ0) is 10.6. The number of rotatable bonds is 3. The summed E-state index contributed by atoms with van der Waals surface area (Å²) >= 11 is 0. The van der Waals surface area contributed by atoms with Crippen LogP contribution >= 0.6 is 0 Å². The first-order valence-corrected chi connectivity index (χ1v) is 4.69. The van der Waals surface area contributed by atoms with Gasteiger partial charge in [-0.3, -0.25) is 4.79 Å². The fraction of sp³-hybridized carbons (Fsp3) is 0.700. The maximum atomic E-state index is 11.7. The van der Waals surface area contributed by atoms with Crippen LogP contribution in [0.3, 0.4) is 0 Å². The van der Waals surface area contributed by atoms with Crippen molar-refractivity contribution in [2.45, 2.75) is 25.9 Å². The summed E-state index contributed by atoms with van der Waals surface area (Å²) in [6.45, 7) is 2.49. The maximum absolute atomic E-state index is 11.7. The van der Waals surface area contributed by atoms with Crippen LogP contribution in [0, 0.1) is 34.5 Å². The lowest BCUT2D eigenvalue weighted by molar-refractivity contribution is -0.125. The van der Waals surface area contributed by atoms with E-state index in [1.165, 1.54) is 0 Å². The molecule has 2 unspecified atom stereocenters. The molecule has 14 heavy (non-hydrogen) atoms. The molecule has 0 spiro atoms. The van der Waals surface area contributed by atoms with Crippen molar-refractivity contribution in [2.24, 2.45) is 11.8 Å². The Hall–Kier alpha value is -1.39. The topological polar surface area (TPSA) is 73.9 Å². The van der Waals surface area contributed by atoms with Gasteiger partial charge in [-0.05, 0) is 12.8 Å². The van der Waals surface area contributed by atoms with Gasteiger partial charge in [0.1, 0.15) is 0 Å². The van der Waals surface area contributed by atoms with Crippen LogP contribution in [0.15, 0.2) is 0 Å². The highest BCUT2D eigenvalue weighted by molar-refractivity contribution is 5.88. The van der Waals surface area contributed by atoms with Gasteiger partial charge >= 0.3 is 0 Å². The van der Waals surface area contributed by atoms with Crippen LogP contribution in [-0.4, -0.2) is 18.5 Å². The second-order valence-electron chi connectivity index (χ2n) is 3.31. The molecule has 0 aliphatic carbocycles. The zero-order valence-electron chi connectivity index (χ0n) is 8.06. The van der Waals surface area contributed by atoms with E-state index >= 15 is 0 Å². The average molecular weight is 192 g/mol. The van der Waals surface area contributed by atoms with Gasteiger partial charge in [-0.15, -0.1) is 0 Å². The number of hydrogen-bond donors (Lipinski definition) is 0. The van der Waals surface area contributed by atoms with E-state index in [0.717, 1.165) is 6.42 Å². The van der Waals surface area contributed by atoms with Crippen LogP contribution in [0.4, 0.5) is 0 Å². The van der Waals surface area contributed by atoms with E-state index in [2.05, 4.69) is 0 Å². The van der Waals surface area contributed by atoms with Gasteiger partial charge in [-0.2, -0.15) is 10.5 Å². The van der Waals surface area contributed by atoms with E-state index < -0.39 is 5.92 Å². The highest BCUT2D eigenvalue weighted by Crippen LogP contribution is 2.26. The third-order valence-electron chi connectivity index (χ3n) is 2.52. The Labute approximate surface area is 83.1 Å².